The average Bonchev–Trinajstić information content (AvgIpc) is 2.66. The molecule has 0 bridgehead atoms. The Kier molecular flexibility index (Phi) is 6.05. The first kappa shape index (κ1) is 23.1. The van der Waals surface area contributed by atoms with E-state index in [0.29, 0.717) is 0 Å². The van der Waals surface area contributed by atoms with Crippen LogP contribution < -0.4 is 11.2 Å². The normalized spacial score (nSPS) is 13.6. The molecule has 6 nitrogen and oxygen atoms in total. The molecule has 0 saturated heterocycles. The highest BCUT2D eigenvalue weighted by Gasteiger charge is 2.41. The van der Waals surface area contributed by atoms with Gasteiger partial charge in [0.05, 0.1) is 21.7 Å². The third kappa shape index (κ3) is 4.26. The summed E-state index contributed by atoms with van der Waals surface area (Å²) in [4.78, 5) is 37.5. The lowest BCUT2D eigenvalue weighted by molar-refractivity contribution is -0.137. The molecule has 0 aliphatic carbocycles. The highest BCUT2D eigenvalue weighted by molar-refractivity contribution is 6.66. The molecule has 1 N–H and O–H groups in total. The van der Waals surface area contributed by atoms with Gasteiger partial charge in [0.1, 0.15) is 6.20 Å². The summed E-state index contributed by atoms with van der Waals surface area (Å²) in [6.07, 6.45) is -3.88. The summed E-state index contributed by atoms with van der Waals surface area (Å²) in [6.45, 7) is 1.32. The number of H-pyrrole nitrogens is 1. The van der Waals surface area contributed by atoms with Crippen LogP contribution in [0.4, 0.5) is 13.2 Å². The first-order valence-electron chi connectivity index (χ1n) is 8.42. The van der Waals surface area contributed by atoms with E-state index in [-0.39, 0.29) is 21.8 Å². The van der Waals surface area contributed by atoms with E-state index in [4.69, 9.17) is 34.8 Å². The molecule has 0 saturated carbocycles. The maximum atomic E-state index is 13.3. The zero-order chi connectivity index (χ0) is 23.1. The molecule has 1 atom stereocenters. The molecule has 3 rings (SSSR count). The summed E-state index contributed by atoms with van der Waals surface area (Å²) in [5, 5.41) is 2.09. The van der Waals surface area contributed by atoms with Crippen molar-refractivity contribution in [1.29, 1.82) is 0 Å². The van der Waals surface area contributed by atoms with E-state index in [1.807, 2.05) is 4.98 Å². The minimum Gasteiger partial charge on any atom is -0.280 e. The van der Waals surface area contributed by atoms with Crippen LogP contribution in [0.25, 0.3) is 5.69 Å². The molecule has 0 fully saturated rings. The Hall–Kier alpha value is -2.62. The van der Waals surface area contributed by atoms with Crippen molar-refractivity contribution in [2.45, 2.75) is 18.5 Å². The molecule has 3 aromatic rings. The van der Waals surface area contributed by atoms with Gasteiger partial charge in [0.15, 0.2) is 0 Å². The van der Waals surface area contributed by atoms with Crippen LogP contribution in [-0.2, 0) is 16.4 Å². The Morgan fingerprint density at radius 2 is 1.71 bits per heavy atom. The molecule has 1 aromatic heterocycles. The largest absolute Gasteiger partial charge is 0.417 e. The van der Waals surface area contributed by atoms with Crippen LogP contribution in [-0.4, -0.2) is 20.0 Å². The fourth-order valence-corrected chi connectivity index (χ4v) is 3.81. The second-order valence-corrected chi connectivity index (χ2v) is 7.76. The number of benzene rings is 2. The molecular formula is C19H11Cl3F3N3O3. The van der Waals surface area contributed by atoms with Gasteiger partial charge in [0, 0.05) is 5.02 Å². The molecule has 0 spiro atoms. The molecule has 1 unspecified atom stereocenters. The summed E-state index contributed by atoms with van der Waals surface area (Å²) >= 11 is 17.8. The van der Waals surface area contributed by atoms with Crippen LogP contribution in [0.5, 0.6) is 0 Å². The number of rotatable bonds is 4. The molecule has 12 heteroatoms. The van der Waals surface area contributed by atoms with Gasteiger partial charge in [-0.3, -0.25) is 14.6 Å². The fraction of sp³-hybridized carbons (Fsp3) is 0.158. The minimum atomic E-state index is -4.76. The highest BCUT2D eigenvalue weighted by Crippen LogP contribution is 2.42. The van der Waals surface area contributed by atoms with Gasteiger partial charge in [-0.1, -0.05) is 35.3 Å². The van der Waals surface area contributed by atoms with Crippen molar-refractivity contribution in [3.63, 3.8) is 0 Å². The van der Waals surface area contributed by atoms with E-state index >= 15 is 0 Å². The molecule has 0 amide bonds. The van der Waals surface area contributed by atoms with E-state index in [1.54, 1.807) is 0 Å². The second-order valence-electron chi connectivity index (χ2n) is 6.61. The molecule has 31 heavy (non-hydrogen) atoms. The van der Waals surface area contributed by atoms with E-state index in [2.05, 4.69) is 5.10 Å². The van der Waals surface area contributed by atoms with E-state index in [0.717, 1.165) is 23.0 Å². The van der Waals surface area contributed by atoms with Crippen LogP contribution >= 0.6 is 34.8 Å². The maximum Gasteiger partial charge on any atom is 0.417 e. The summed E-state index contributed by atoms with van der Waals surface area (Å²) in [6, 6.07) is 6.95. The minimum absolute atomic E-state index is 0.0718. The molecule has 0 aliphatic heterocycles. The molecule has 0 aliphatic rings. The standard InChI is InChI=1S/C19H11Cl3F3N3O3/c1-18(16(22)30,9-2-5-13(20)12(6-9)19(23,24)25)11-4-3-10(7-14(11)21)28-17(31)27-15(29)8-26-28/h2-8H,1H3,(H,27,29,31). The van der Waals surface area contributed by atoms with Gasteiger partial charge >= 0.3 is 11.9 Å². The van der Waals surface area contributed by atoms with Crippen LogP contribution in [0.2, 0.25) is 10.0 Å². The Balaban J connectivity index is 2.19. The zero-order valence-corrected chi connectivity index (χ0v) is 17.7. The zero-order valence-electron chi connectivity index (χ0n) is 15.4. The van der Waals surface area contributed by atoms with Gasteiger partial charge in [-0.25, -0.2) is 4.79 Å². The number of aromatic amines is 1. The number of nitrogens with one attached hydrogen (secondary N) is 1. The third-order valence-electron chi connectivity index (χ3n) is 4.69. The van der Waals surface area contributed by atoms with Gasteiger partial charge in [-0.15, -0.1) is 0 Å². The SMILES string of the molecule is CC(C(=O)Cl)(c1ccc(Cl)c(C(F)(F)F)c1)c1ccc(-n2ncc(=O)[nH]c2=O)cc1Cl. The fourth-order valence-electron chi connectivity index (χ4n) is 3.01. The number of carbonyl (C=O) groups is 1. The predicted octanol–water partition coefficient (Wildman–Crippen LogP) is 4.32. The monoisotopic (exact) mass is 491 g/mol. The summed E-state index contributed by atoms with van der Waals surface area (Å²) < 4.78 is 40.8. The Morgan fingerprint density at radius 3 is 2.26 bits per heavy atom. The van der Waals surface area contributed by atoms with Crippen molar-refractivity contribution < 1.29 is 18.0 Å². The van der Waals surface area contributed by atoms with Crippen molar-refractivity contribution in [3.8, 4) is 5.69 Å². The molecular weight excluding hydrogens is 482 g/mol. The van der Waals surface area contributed by atoms with Gasteiger partial charge in [0.2, 0.25) is 5.24 Å². The van der Waals surface area contributed by atoms with Gasteiger partial charge in [-0.05, 0) is 53.9 Å². The average molecular weight is 493 g/mol. The van der Waals surface area contributed by atoms with Crippen LogP contribution in [0.3, 0.4) is 0 Å². The van der Waals surface area contributed by atoms with Crippen molar-refractivity contribution in [1.82, 2.24) is 14.8 Å². The number of nitrogens with zero attached hydrogens (tertiary/aromatic N) is 2. The Morgan fingerprint density at radius 1 is 1.03 bits per heavy atom. The number of carbonyl (C=O) groups excluding carboxylic acids is 1. The van der Waals surface area contributed by atoms with Crippen molar-refractivity contribution in [3.05, 3.63) is 90.2 Å². The lowest BCUT2D eigenvalue weighted by atomic mass is 9.76. The van der Waals surface area contributed by atoms with Gasteiger partial charge < -0.3 is 0 Å². The third-order valence-corrected chi connectivity index (χ3v) is 5.71. The molecule has 1 heterocycles. The lowest BCUT2D eigenvalue weighted by Gasteiger charge is -2.29. The predicted molar refractivity (Wildman–Crippen MR) is 109 cm³/mol. The smallest absolute Gasteiger partial charge is 0.280 e. The first-order valence-corrected chi connectivity index (χ1v) is 9.55. The Labute approximate surface area is 187 Å². The van der Waals surface area contributed by atoms with Crippen LogP contribution in [0, 0.1) is 0 Å². The second kappa shape index (κ2) is 8.14. The summed E-state index contributed by atoms with van der Waals surface area (Å²) in [5.41, 5.74) is -4.29. The Bertz CT molecular complexity index is 1300. The van der Waals surface area contributed by atoms with Crippen LogP contribution in [0.15, 0.2) is 52.2 Å². The number of aromatic nitrogens is 3. The number of alkyl halides is 3. The quantitative estimate of drug-likeness (QED) is 0.550. The molecule has 0 radical (unpaired) electrons. The van der Waals surface area contributed by atoms with E-state index in [1.165, 1.54) is 31.2 Å². The van der Waals surface area contributed by atoms with Crippen molar-refractivity contribution in [2.24, 2.45) is 0 Å². The molecule has 2 aromatic carbocycles. The van der Waals surface area contributed by atoms with E-state index < -0.39 is 38.7 Å². The van der Waals surface area contributed by atoms with Crippen molar-refractivity contribution in [2.75, 3.05) is 0 Å². The maximum absolute atomic E-state index is 13.3. The van der Waals surface area contributed by atoms with E-state index in [9.17, 15) is 27.6 Å². The van der Waals surface area contributed by atoms with Crippen molar-refractivity contribution >= 4 is 40.0 Å². The molecule has 162 valence electrons. The summed E-state index contributed by atoms with van der Waals surface area (Å²) in [7, 11) is 0. The topological polar surface area (TPSA) is 84.8 Å². The summed E-state index contributed by atoms with van der Waals surface area (Å²) in [5.74, 6) is 0. The number of hydrogen-bond donors (Lipinski definition) is 1. The highest BCUT2D eigenvalue weighted by atomic mass is 35.5. The lowest BCUT2D eigenvalue weighted by Crippen LogP contribution is -2.32. The first-order chi connectivity index (χ1) is 14.4. The van der Waals surface area contributed by atoms with Crippen LogP contribution in [0.1, 0.15) is 23.6 Å². The van der Waals surface area contributed by atoms with Gasteiger partial charge in [0.25, 0.3) is 5.56 Å². The number of hydrogen-bond acceptors (Lipinski definition) is 4. The van der Waals surface area contributed by atoms with Gasteiger partial charge in [-0.2, -0.15) is 23.0 Å². The number of halogens is 6.